The summed E-state index contributed by atoms with van der Waals surface area (Å²) in [4.78, 5) is 35.5. The number of allylic oxidation sites excluding steroid dienone is 20. The van der Waals surface area contributed by atoms with Crippen LogP contribution in [0.5, 0.6) is 0 Å². The minimum atomic E-state index is -4.40. The van der Waals surface area contributed by atoms with Crippen LogP contribution in [0.15, 0.2) is 122 Å². The number of ether oxygens (including phenoxy) is 2. The summed E-state index contributed by atoms with van der Waals surface area (Å²) in [5, 5.41) is 0. The van der Waals surface area contributed by atoms with E-state index in [2.05, 4.69) is 135 Å². The van der Waals surface area contributed by atoms with Crippen molar-refractivity contribution in [2.45, 2.75) is 193 Å². The van der Waals surface area contributed by atoms with Crippen LogP contribution in [0.4, 0.5) is 0 Å². The van der Waals surface area contributed by atoms with Gasteiger partial charge in [0.15, 0.2) is 6.10 Å². The smallest absolute Gasteiger partial charge is 0.462 e. The molecule has 2 unspecified atom stereocenters. The summed E-state index contributed by atoms with van der Waals surface area (Å²) in [5.74, 6) is -0.842. The van der Waals surface area contributed by atoms with E-state index in [0.29, 0.717) is 23.9 Å². The van der Waals surface area contributed by atoms with Gasteiger partial charge in [0.05, 0.1) is 27.7 Å². The number of hydrogen-bond donors (Lipinski definition) is 1. The van der Waals surface area contributed by atoms with Gasteiger partial charge in [-0.15, -0.1) is 0 Å². The highest BCUT2D eigenvalue weighted by Crippen LogP contribution is 2.43. The third-order valence-electron chi connectivity index (χ3n) is 10.7. The number of carbonyl (C=O) groups excluding carboxylic acids is 2. The fourth-order valence-corrected chi connectivity index (χ4v) is 7.32. The van der Waals surface area contributed by atoms with Crippen LogP contribution in [0.1, 0.15) is 187 Å². The van der Waals surface area contributed by atoms with Crippen LogP contribution in [-0.2, 0) is 32.7 Å². The molecule has 0 rings (SSSR count). The molecule has 0 aliphatic carbocycles. The van der Waals surface area contributed by atoms with Crippen molar-refractivity contribution in [3.63, 3.8) is 0 Å². The molecule has 0 aromatic rings. The number of quaternary nitrogens is 1. The van der Waals surface area contributed by atoms with Gasteiger partial charge in [-0.25, -0.2) is 4.57 Å². The Balaban J connectivity index is 4.27. The van der Waals surface area contributed by atoms with Crippen LogP contribution in [0.2, 0.25) is 0 Å². The Morgan fingerprint density at radius 3 is 1.23 bits per heavy atom. The number of rotatable bonds is 47. The first-order valence-electron chi connectivity index (χ1n) is 26.8. The zero-order valence-electron chi connectivity index (χ0n) is 44.2. The van der Waals surface area contributed by atoms with Crippen molar-refractivity contribution in [1.82, 2.24) is 0 Å². The van der Waals surface area contributed by atoms with E-state index in [1.165, 1.54) is 12.8 Å². The zero-order valence-corrected chi connectivity index (χ0v) is 45.1. The number of phosphoric acid groups is 1. The van der Waals surface area contributed by atoms with E-state index in [4.69, 9.17) is 18.5 Å². The fraction of sp³-hybridized carbons (Fsp3) is 0.627. The Morgan fingerprint density at radius 1 is 0.464 bits per heavy atom. The standard InChI is InChI=1S/C59H98NO8P/c1-6-8-10-12-14-16-18-20-22-23-24-25-26-27-28-29-30-31-32-33-34-35-36-37-38-40-42-44-46-48-50-52-59(62)68-57(56-67-69(63,64)66-54-53-60(3,4)5)55-65-58(61)51-49-47-45-43-41-39-21-19-17-15-13-11-9-7-2/h8,10,13-16,19-22,24-25,27-28,30-31,33-34,36-37,57H,6-7,9,11-12,17-18,23,26,29,32,35,38-56H2,1-5H3/p+1/b10-8-,15-13-,16-14-,21-19-,22-20-,25-24-,28-27-,31-30-,34-33-,37-36-. The average Bonchev–Trinajstić information content (AvgIpc) is 3.31. The first-order chi connectivity index (χ1) is 33.5. The molecule has 0 aromatic heterocycles. The predicted octanol–water partition coefficient (Wildman–Crippen LogP) is 16.4. The second-order valence-corrected chi connectivity index (χ2v) is 20.0. The molecular formula is C59H99NO8P+. The molecule has 69 heavy (non-hydrogen) atoms. The molecule has 2 atom stereocenters. The molecule has 0 heterocycles. The minimum Gasteiger partial charge on any atom is -0.462 e. The molecular weight excluding hydrogens is 882 g/mol. The van der Waals surface area contributed by atoms with Gasteiger partial charge in [-0.3, -0.25) is 18.6 Å². The monoisotopic (exact) mass is 981 g/mol. The molecule has 1 N–H and O–H groups in total. The SMILES string of the molecule is CC/C=C\C/C=C\C/C=C\C/C=C\C/C=C\C/C=C\C/C=C\C/C=C\CCCCCCCCC(=O)OC(COC(=O)CCCCCCC/C=C\C/C=C\CCCC)COP(=O)(O)OCC[N+](C)(C)C. The Kier molecular flexibility index (Phi) is 46.8. The Hall–Kier alpha value is -3.59. The molecule has 10 heteroatoms. The molecule has 0 aliphatic heterocycles. The fourth-order valence-electron chi connectivity index (χ4n) is 6.57. The number of likely N-dealkylation sites (N-methyl/N-ethyl adjacent to an activating group) is 1. The molecule has 0 saturated carbocycles. The lowest BCUT2D eigenvalue weighted by Crippen LogP contribution is -2.37. The molecule has 0 bridgehead atoms. The van der Waals surface area contributed by atoms with E-state index in [1.54, 1.807) is 0 Å². The number of hydrogen-bond acceptors (Lipinski definition) is 7. The van der Waals surface area contributed by atoms with Gasteiger partial charge in [0.25, 0.3) is 0 Å². The molecule has 0 fully saturated rings. The summed E-state index contributed by atoms with van der Waals surface area (Å²) >= 11 is 0. The molecule has 9 nitrogen and oxygen atoms in total. The molecule has 0 aliphatic rings. The molecule has 0 amide bonds. The van der Waals surface area contributed by atoms with Gasteiger partial charge in [-0.05, 0) is 103 Å². The van der Waals surface area contributed by atoms with Gasteiger partial charge < -0.3 is 18.9 Å². The topological polar surface area (TPSA) is 108 Å². The first kappa shape index (κ1) is 65.4. The lowest BCUT2D eigenvalue weighted by Gasteiger charge is -2.24. The summed E-state index contributed by atoms with van der Waals surface area (Å²) < 4.78 is 34.4. The maximum Gasteiger partial charge on any atom is 0.472 e. The number of carbonyl (C=O) groups is 2. The third kappa shape index (κ3) is 53.6. The highest BCUT2D eigenvalue weighted by Gasteiger charge is 2.27. The summed E-state index contributed by atoms with van der Waals surface area (Å²) in [5.41, 5.74) is 0. The van der Waals surface area contributed by atoms with Crippen LogP contribution in [0.3, 0.4) is 0 Å². The predicted molar refractivity (Wildman–Crippen MR) is 293 cm³/mol. The van der Waals surface area contributed by atoms with Crippen LogP contribution >= 0.6 is 7.82 Å². The van der Waals surface area contributed by atoms with Crippen molar-refractivity contribution >= 4 is 19.8 Å². The normalized spacial score (nSPS) is 14.3. The molecule has 0 saturated heterocycles. The van der Waals surface area contributed by atoms with Crippen molar-refractivity contribution in [1.29, 1.82) is 0 Å². The Bertz CT molecular complexity index is 1580. The second-order valence-electron chi connectivity index (χ2n) is 18.5. The van der Waals surface area contributed by atoms with Gasteiger partial charge >= 0.3 is 19.8 Å². The summed E-state index contributed by atoms with van der Waals surface area (Å²) in [6, 6.07) is 0. The third-order valence-corrected chi connectivity index (χ3v) is 11.7. The molecule has 0 radical (unpaired) electrons. The quantitative estimate of drug-likeness (QED) is 0.0211. The number of esters is 2. The lowest BCUT2D eigenvalue weighted by molar-refractivity contribution is -0.870. The van der Waals surface area contributed by atoms with E-state index < -0.39 is 32.5 Å². The molecule has 392 valence electrons. The zero-order chi connectivity index (χ0) is 50.6. The minimum absolute atomic E-state index is 0.0192. The van der Waals surface area contributed by atoms with Crippen LogP contribution in [0.25, 0.3) is 0 Å². The van der Waals surface area contributed by atoms with Crippen molar-refractivity contribution in [3.05, 3.63) is 122 Å². The van der Waals surface area contributed by atoms with Gasteiger partial charge in [0.2, 0.25) is 0 Å². The Labute approximate surface area is 422 Å². The molecule has 0 aromatic carbocycles. The van der Waals surface area contributed by atoms with Gasteiger partial charge in [-0.1, -0.05) is 193 Å². The second kappa shape index (κ2) is 49.4. The number of nitrogens with zero attached hydrogens (tertiary/aromatic N) is 1. The van der Waals surface area contributed by atoms with E-state index >= 15 is 0 Å². The molecule has 0 spiro atoms. The number of phosphoric ester groups is 1. The maximum atomic E-state index is 12.8. The van der Waals surface area contributed by atoms with Crippen molar-refractivity contribution in [2.24, 2.45) is 0 Å². The lowest BCUT2D eigenvalue weighted by atomic mass is 10.1. The van der Waals surface area contributed by atoms with Crippen LogP contribution < -0.4 is 0 Å². The van der Waals surface area contributed by atoms with E-state index in [-0.39, 0.29) is 26.1 Å². The number of unbranched alkanes of at least 4 members (excludes halogenated alkanes) is 13. The van der Waals surface area contributed by atoms with Gasteiger partial charge in [0.1, 0.15) is 19.8 Å². The maximum absolute atomic E-state index is 12.8. The van der Waals surface area contributed by atoms with Crippen LogP contribution in [0, 0.1) is 0 Å². The van der Waals surface area contributed by atoms with E-state index in [0.717, 1.165) is 135 Å². The highest BCUT2D eigenvalue weighted by molar-refractivity contribution is 7.47. The van der Waals surface area contributed by atoms with E-state index in [1.807, 2.05) is 21.1 Å². The van der Waals surface area contributed by atoms with Crippen LogP contribution in [-0.4, -0.2) is 74.9 Å². The van der Waals surface area contributed by atoms with Gasteiger partial charge in [-0.2, -0.15) is 0 Å². The summed E-state index contributed by atoms with van der Waals surface area (Å²) in [7, 11) is 1.44. The van der Waals surface area contributed by atoms with Crippen molar-refractivity contribution < 1.29 is 42.1 Å². The highest BCUT2D eigenvalue weighted by atomic mass is 31.2. The van der Waals surface area contributed by atoms with Crippen molar-refractivity contribution in [3.8, 4) is 0 Å². The summed E-state index contributed by atoms with van der Waals surface area (Å²) in [6.45, 7) is 4.21. The first-order valence-corrected chi connectivity index (χ1v) is 28.3. The summed E-state index contributed by atoms with van der Waals surface area (Å²) in [6.07, 6.45) is 69.7. The van der Waals surface area contributed by atoms with Gasteiger partial charge in [0, 0.05) is 12.8 Å². The average molecular weight is 981 g/mol. The van der Waals surface area contributed by atoms with Crippen molar-refractivity contribution in [2.75, 3.05) is 47.5 Å². The van der Waals surface area contributed by atoms with E-state index in [9.17, 15) is 19.0 Å². The largest absolute Gasteiger partial charge is 0.472 e. The Morgan fingerprint density at radius 2 is 0.826 bits per heavy atom.